The second-order valence-electron chi connectivity index (χ2n) is 24.3. The molecule has 3 saturated carbocycles. The number of benzene rings is 3. The number of nitrogens with two attached hydrogens (primary N) is 1. The molecule has 13 rings (SSSR count). The molecule has 0 aromatic heterocycles. The molecule has 8 N–H and O–H groups in total. The molecule has 5 heterocycles. The molecule has 404 valence electrons. The zero-order chi connectivity index (χ0) is 51.7. The van der Waals surface area contributed by atoms with Gasteiger partial charge in [0.2, 0.25) is 0 Å². The molecule has 5 aliphatic carbocycles. The van der Waals surface area contributed by atoms with Crippen LogP contribution in [0.25, 0.3) is 11.1 Å². The minimum atomic E-state index is -0.910. The first kappa shape index (κ1) is 52.9. The van der Waals surface area contributed by atoms with Crippen LogP contribution in [0.15, 0.2) is 53.5 Å². The van der Waals surface area contributed by atoms with Gasteiger partial charge in [0.15, 0.2) is 17.5 Å². The smallest absolute Gasteiger partial charge is 0.188 e. The van der Waals surface area contributed by atoms with Crippen molar-refractivity contribution in [3.05, 3.63) is 76.4 Å². The molecule has 3 fully saturated rings. The first-order chi connectivity index (χ1) is 35.8. The maximum Gasteiger partial charge on any atom is 0.188 e. The van der Waals surface area contributed by atoms with Crippen LogP contribution < -0.4 is 25.3 Å². The van der Waals surface area contributed by atoms with Gasteiger partial charge in [-0.15, -0.1) is 0 Å². The van der Waals surface area contributed by atoms with Crippen molar-refractivity contribution in [1.29, 1.82) is 0 Å². The Hall–Kier alpha value is -4.49. The fourth-order valence-electron chi connectivity index (χ4n) is 15.4. The Morgan fingerprint density at radius 2 is 1.70 bits per heavy atom. The van der Waals surface area contributed by atoms with Crippen molar-refractivity contribution in [1.82, 2.24) is 5.32 Å². The molecule has 8 bridgehead atoms. The highest BCUT2D eigenvalue weighted by Crippen LogP contribution is 2.57. The number of allylic oxidation sites excluding steroid dienone is 2. The third kappa shape index (κ3) is 11.0. The lowest BCUT2D eigenvalue weighted by Gasteiger charge is -2.42. The maximum atomic E-state index is 12.4. The average molecular weight is 1020 g/mol. The minimum Gasteiger partial charge on any atom is -0.508 e. The third-order valence-electron chi connectivity index (χ3n) is 19.2. The van der Waals surface area contributed by atoms with Crippen LogP contribution in [-0.2, 0) is 24.0 Å². The molecule has 5 aliphatic heterocycles. The van der Waals surface area contributed by atoms with E-state index in [2.05, 4.69) is 44.3 Å². The van der Waals surface area contributed by atoms with Gasteiger partial charge < -0.3 is 55.5 Å². The normalized spacial score (nSPS) is 32.4. The van der Waals surface area contributed by atoms with Gasteiger partial charge in [0.1, 0.15) is 29.5 Å². The number of aliphatic hydroxyl groups is 3. The number of ether oxygens (including phenoxy) is 4. The molecule has 1 spiro atoms. The van der Waals surface area contributed by atoms with Gasteiger partial charge in [-0.25, -0.2) is 0 Å². The van der Waals surface area contributed by atoms with E-state index in [1.54, 1.807) is 13.2 Å². The molecule has 0 amide bonds. The quantitative estimate of drug-likeness (QED) is 0.101. The number of phenols is 2. The largest absolute Gasteiger partial charge is 0.508 e. The Morgan fingerprint density at radius 3 is 2.49 bits per heavy atom. The van der Waals surface area contributed by atoms with Crippen LogP contribution in [-0.4, -0.2) is 89.3 Å². The standard InChI is InChI=1S/C62H87N3O9/c1-5-37-25-39-16-15-38(37)26-45(67)33-62(21-9-11-44(62)20-23-72-46-12-6-7-13-46)35-65-61(63)64-22-19-47-41(34-66)10-8-14-54(47)73-56-30-40(17-18-51(56)68)60-53(70)31-50-55(74-60)32-57(71-4)59-49-28-43(24-36(2)3)52(69)29-42(49)27-48(39)58(50)59/h15-18,28-30,32,36-39,41,44-48,53-54,60,66-70H,5-14,19-27,31,33-35H2,1-4H3,(H3,63,64,65). The van der Waals surface area contributed by atoms with E-state index >= 15 is 0 Å². The highest BCUT2D eigenvalue weighted by molar-refractivity contribution is 5.84. The molecule has 12 unspecified atom stereocenters. The van der Waals surface area contributed by atoms with E-state index in [4.69, 9.17) is 29.7 Å². The average Bonchev–Trinajstić information content (AvgIpc) is 4.06. The van der Waals surface area contributed by atoms with Gasteiger partial charge in [-0.05, 0) is 189 Å². The van der Waals surface area contributed by atoms with Gasteiger partial charge in [-0.3, -0.25) is 4.99 Å². The van der Waals surface area contributed by atoms with Gasteiger partial charge in [-0.2, -0.15) is 0 Å². The third-order valence-corrected chi connectivity index (χ3v) is 19.2. The van der Waals surface area contributed by atoms with Crippen LogP contribution in [0.3, 0.4) is 0 Å². The molecule has 10 aliphatic rings. The van der Waals surface area contributed by atoms with Crippen LogP contribution in [0.2, 0.25) is 0 Å². The SMILES string of the molecule is CCC1CC2C=CC1CC(O)CC1(CCCC1CCOC1CCCC1)CN=C(N)NCCC1C(CO)CCCC1Oc1cc(ccc1O)C1Oc3cc(OC)c4c(c3CC1O)C2Cc1cc(O)c(CC(C)C)cc1-4. The Kier molecular flexibility index (Phi) is 16.5. The Morgan fingerprint density at radius 1 is 0.878 bits per heavy atom. The van der Waals surface area contributed by atoms with Gasteiger partial charge >= 0.3 is 0 Å². The molecule has 12 atom stereocenters. The summed E-state index contributed by atoms with van der Waals surface area (Å²) in [5.41, 5.74) is 13.4. The van der Waals surface area contributed by atoms with E-state index in [9.17, 15) is 25.5 Å². The van der Waals surface area contributed by atoms with Crippen molar-refractivity contribution in [3.63, 3.8) is 0 Å². The highest BCUT2D eigenvalue weighted by atomic mass is 16.5. The number of hydrogen-bond acceptors (Lipinski definition) is 12. The molecule has 12 nitrogen and oxygen atoms in total. The topological polar surface area (TPSA) is 188 Å². The lowest BCUT2D eigenvalue weighted by molar-refractivity contribution is 0.0165. The zero-order valence-corrected chi connectivity index (χ0v) is 44.8. The van der Waals surface area contributed by atoms with E-state index < -0.39 is 18.3 Å². The number of phenolic OH excluding ortho intramolecular Hbond substituents is 2. The predicted octanol–water partition coefficient (Wildman–Crippen LogP) is 10.6. The van der Waals surface area contributed by atoms with Crippen LogP contribution in [0.5, 0.6) is 28.7 Å². The summed E-state index contributed by atoms with van der Waals surface area (Å²) >= 11 is 0. The predicted molar refractivity (Wildman–Crippen MR) is 290 cm³/mol. The van der Waals surface area contributed by atoms with Crippen molar-refractivity contribution >= 4 is 5.96 Å². The summed E-state index contributed by atoms with van der Waals surface area (Å²) in [6.07, 6.45) is 20.0. The number of hydrogen-bond donors (Lipinski definition) is 7. The molecule has 3 aromatic rings. The van der Waals surface area contributed by atoms with E-state index in [1.807, 2.05) is 24.3 Å². The number of rotatable bonds is 9. The molecule has 12 heteroatoms. The second kappa shape index (κ2) is 23.0. The van der Waals surface area contributed by atoms with Crippen LogP contribution in [0.1, 0.15) is 163 Å². The summed E-state index contributed by atoms with van der Waals surface area (Å²) in [5, 5.41) is 61.7. The Labute approximate surface area is 440 Å². The van der Waals surface area contributed by atoms with Crippen molar-refractivity contribution in [2.45, 2.75) is 179 Å². The molecule has 0 saturated heterocycles. The summed E-state index contributed by atoms with van der Waals surface area (Å²) in [4.78, 5) is 5.09. The zero-order valence-electron chi connectivity index (χ0n) is 44.8. The summed E-state index contributed by atoms with van der Waals surface area (Å²) in [6, 6.07) is 11.4. The molecule has 3 aromatic carbocycles. The van der Waals surface area contributed by atoms with Crippen LogP contribution in [0, 0.1) is 46.8 Å². The molecule has 74 heavy (non-hydrogen) atoms. The first-order valence-corrected chi connectivity index (χ1v) is 28.9. The Bertz CT molecular complexity index is 2490. The number of aliphatic hydroxyl groups excluding tert-OH is 3. The number of methoxy groups -OCH3 is 1. The Balaban J connectivity index is 1.04. The number of guanidine groups is 1. The fraction of sp³-hybridized carbons (Fsp3) is 0.661. The minimum absolute atomic E-state index is 0.00420. The van der Waals surface area contributed by atoms with E-state index in [1.165, 1.54) is 12.8 Å². The number of nitrogens with zero attached hydrogens (tertiary/aromatic N) is 1. The van der Waals surface area contributed by atoms with Crippen molar-refractivity contribution in [2.75, 3.05) is 33.4 Å². The molecule has 0 radical (unpaired) electrons. The maximum absolute atomic E-state index is 12.4. The second-order valence-corrected chi connectivity index (χ2v) is 24.3. The van der Waals surface area contributed by atoms with Gasteiger partial charge in [0, 0.05) is 55.8 Å². The number of fused-ring (bicyclic) bond motifs is 2. The van der Waals surface area contributed by atoms with Gasteiger partial charge in [0.05, 0.1) is 25.4 Å². The fourth-order valence-corrected chi connectivity index (χ4v) is 15.4. The van der Waals surface area contributed by atoms with Crippen molar-refractivity contribution in [3.8, 4) is 39.9 Å². The summed E-state index contributed by atoms with van der Waals surface area (Å²) in [6.45, 7) is 8.50. The number of aliphatic imine (C=N–C) groups is 1. The molecular formula is C62H87N3O9. The molecular weight excluding hydrogens is 931 g/mol. The first-order valence-electron chi connectivity index (χ1n) is 28.9. The highest BCUT2D eigenvalue weighted by Gasteiger charge is 2.46. The van der Waals surface area contributed by atoms with Gasteiger partial charge in [-0.1, -0.05) is 64.7 Å². The number of aromatic hydroxyl groups is 2. The van der Waals surface area contributed by atoms with Crippen LogP contribution >= 0.6 is 0 Å². The van der Waals surface area contributed by atoms with Gasteiger partial charge in [0.25, 0.3) is 0 Å². The van der Waals surface area contributed by atoms with E-state index in [-0.39, 0.29) is 53.5 Å². The summed E-state index contributed by atoms with van der Waals surface area (Å²) < 4.78 is 26.6. The van der Waals surface area contributed by atoms with E-state index in [0.717, 1.165) is 117 Å². The summed E-state index contributed by atoms with van der Waals surface area (Å²) in [7, 11) is 1.71. The van der Waals surface area contributed by atoms with Crippen molar-refractivity contribution in [2.24, 2.45) is 57.6 Å². The summed E-state index contributed by atoms with van der Waals surface area (Å²) in [5.74, 6) is 3.84. The van der Waals surface area contributed by atoms with Crippen molar-refractivity contribution < 1.29 is 44.5 Å². The number of nitrogens with one attached hydrogen (secondary N) is 1. The lowest BCUT2D eigenvalue weighted by Crippen LogP contribution is -2.42. The lowest BCUT2D eigenvalue weighted by atomic mass is 9.64. The van der Waals surface area contributed by atoms with Crippen LogP contribution in [0.4, 0.5) is 0 Å². The van der Waals surface area contributed by atoms with E-state index in [0.29, 0.717) is 104 Å². The monoisotopic (exact) mass is 1020 g/mol.